The molecular weight excluding hydrogens is 384 g/mol. The molecule has 0 atom stereocenters. The van der Waals surface area contributed by atoms with Crippen molar-refractivity contribution in [1.29, 1.82) is 0 Å². The van der Waals surface area contributed by atoms with Gasteiger partial charge >= 0.3 is 0 Å². The molecule has 0 aromatic heterocycles. The molecule has 0 unspecified atom stereocenters. The van der Waals surface area contributed by atoms with Gasteiger partial charge in [-0.1, -0.05) is 148 Å². The number of rotatable bonds is 23. The summed E-state index contributed by atoms with van der Waals surface area (Å²) in [4.78, 5) is 0. The predicted molar refractivity (Wildman–Crippen MR) is 147 cm³/mol. The Hall–Kier alpha value is -0.780. The molecule has 32 heavy (non-hydrogen) atoms. The third-order valence-corrected chi connectivity index (χ3v) is 7.07. The molecule has 0 bridgehead atoms. The third-order valence-electron chi connectivity index (χ3n) is 7.07. The number of benzene rings is 1. The fourth-order valence-corrected chi connectivity index (χ4v) is 4.93. The first-order valence-corrected chi connectivity index (χ1v) is 14.9. The zero-order valence-corrected chi connectivity index (χ0v) is 22.5. The largest absolute Gasteiger partial charge is 0.0654 e. The molecule has 0 aliphatic heterocycles. The van der Waals surface area contributed by atoms with Crippen LogP contribution in [0.2, 0.25) is 0 Å². The van der Waals surface area contributed by atoms with Crippen molar-refractivity contribution in [3.05, 3.63) is 34.9 Å². The van der Waals surface area contributed by atoms with Gasteiger partial charge in [-0.05, 0) is 55.2 Å². The molecule has 1 aromatic rings. The molecule has 0 nitrogen and oxygen atoms in total. The Kier molecular flexibility index (Phi) is 20.1. The second-order valence-corrected chi connectivity index (χ2v) is 10.4. The SMILES string of the molecule is CCCCCCCCCCCc1cc(CCCC)cc(CCCCCCCCCCC)c1. The lowest BCUT2D eigenvalue weighted by atomic mass is 9.95. The van der Waals surface area contributed by atoms with E-state index in [2.05, 4.69) is 39.0 Å². The van der Waals surface area contributed by atoms with Crippen molar-refractivity contribution in [1.82, 2.24) is 0 Å². The Morgan fingerprint density at radius 1 is 0.312 bits per heavy atom. The lowest BCUT2D eigenvalue weighted by Gasteiger charge is -2.11. The van der Waals surface area contributed by atoms with Gasteiger partial charge in [0, 0.05) is 0 Å². The smallest absolute Gasteiger partial charge is 0.0279 e. The molecule has 0 saturated carbocycles. The minimum Gasteiger partial charge on any atom is -0.0654 e. The standard InChI is InChI=1S/C32H58/c1-4-7-10-12-14-16-18-20-22-25-31-27-30(24-9-6-3)28-32(29-31)26-23-21-19-17-15-13-11-8-5-2/h27-29H,4-26H2,1-3H3. The van der Waals surface area contributed by atoms with E-state index in [1.165, 1.54) is 148 Å². The van der Waals surface area contributed by atoms with Crippen LogP contribution in [0.4, 0.5) is 0 Å². The second-order valence-electron chi connectivity index (χ2n) is 10.4. The Morgan fingerprint density at radius 2 is 0.562 bits per heavy atom. The minimum atomic E-state index is 1.27. The Bertz CT molecular complexity index is 475. The van der Waals surface area contributed by atoms with E-state index in [1.54, 1.807) is 16.7 Å². The first-order valence-electron chi connectivity index (χ1n) is 14.9. The van der Waals surface area contributed by atoms with Crippen LogP contribution in [0.3, 0.4) is 0 Å². The molecule has 0 heterocycles. The van der Waals surface area contributed by atoms with E-state index in [0.717, 1.165) is 0 Å². The van der Waals surface area contributed by atoms with Crippen molar-refractivity contribution in [3.8, 4) is 0 Å². The van der Waals surface area contributed by atoms with Crippen LogP contribution in [0.15, 0.2) is 18.2 Å². The van der Waals surface area contributed by atoms with Crippen LogP contribution in [0.1, 0.15) is 166 Å². The van der Waals surface area contributed by atoms with E-state index in [-0.39, 0.29) is 0 Å². The molecule has 0 aliphatic carbocycles. The summed E-state index contributed by atoms with van der Waals surface area (Å²) in [6.45, 7) is 6.92. The van der Waals surface area contributed by atoms with Crippen LogP contribution in [0.25, 0.3) is 0 Å². The van der Waals surface area contributed by atoms with Crippen molar-refractivity contribution < 1.29 is 0 Å². The molecule has 1 rings (SSSR count). The topological polar surface area (TPSA) is 0 Å². The molecule has 0 aliphatic rings. The summed E-state index contributed by atoms with van der Waals surface area (Å²) in [5.41, 5.74) is 4.84. The van der Waals surface area contributed by atoms with Gasteiger partial charge in [-0.3, -0.25) is 0 Å². The summed E-state index contributed by atoms with van der Waals surface area (Å²) in [7, 11) is 0. The van der Waals surface area contributed by atoms with Gasteiger partial charge in [0.05, 0.1) is 0 Å². The van der Waals surface area contributed by atoms with Gasteiger partial charge in [0.25, 0.3) is 0 Å². The van der Waals surface area contributed by atoms with Crippen LogP contribution < -0.4 is 0 Å². The van der Waals surface area contributed by atoms with E-state index in [4.69, 9.17) is 0 Å². The highest BCUT2D eigenvalue weighted by atomic mass is 14.1. The monoisotopic (exact) mass is 442 g/mol. The number of hydrogen-bond donors (Lipinski definition) is 0. The fraction of sp³-hybridized carbons (Fsp3) is 0.812. The average Bonchev–Trinajstić information content (AvgIpc) is 2.80. The highest BCUT2D eigenvalue weighted by molar-refractivity contribution is 5.30. The number of hydrogen-bond acceptors (Lipinski definition) is 0. The van der Waals surface area contributed by atoms with Crippen molar-refractivity contribution in [3.63, 3.8) is 0 Å². The van der Waals surface area contributed by atoms with Crippen LogP contribution in [0, 0.1) is 0 Å². The van der Waals surface area contributed by atoms with Gasteiger partial charge in [0.15, 0.2) is 0 Å². The molecule has 0 radical (unpaired) electrons. The highest BCUT2D eigenvalue weighted by Crippen LogP contribution is 2.19. The van der Waals surface area contributed by atoms with E-state index in [0.29, 0.717) is 0 Å². The molecule has 186 valence electrons. The lowest BCUT2D eigenvalue weighted by Crippen LogP contribution is -1.96. The van der Waals surface area contributed by atoms with E-state index < -0.39 is 0 Å². The van der Waals surface area contributed by atoms with Crippen molar-refractivity contribution in [2.24, 2.45) is 0 Å². The molecular formula is C32H58. The zero-order valence-electron chi connectivity index (χ0n) is 22.5. The van der Waals surface area contributed by atoms with Gasteiger partial charge in [-0.15, -0.1) is 0 Å². The Morgan fingerprint density at radius 3 is 0.875 bits per heavy atom. The van der Waals surface area contributed by atoms with E-state index in [9.17, 15) is 0 Å². The zero-order chi connectivity index (χ0) is 23.1. The maximum absolute atomic E-state index is 2.55. The minimum absolute atomic E-state index is 1.27. The number of aryl methyl sites for hydroxylation is 3. The van der Waals surface area contributed by atoms with Gasteiger partial charge < -0.3 is 0 Å². The van der Waals surface area contributed by atoms with Gasteiger partial charge in [0.2, 0.25) is 0 Å². The maximum Gasteiger partial charge on any atom is -0.0279 e. The normalized spacial score (nSPS) is 11.3. The summed E-state index contributed by atoms with van der Waals surface area (Å²) >= 11 is 0. The molecule has 0 spiro atoms. The summed E-state index contributed by atoms with van der Waals surface area (Å²) < 4.78 is 0. The summed E-state index contributed by atoms with van der Waals surface area (Å²) in [5.74, 6) is 0. The summed E-state index contributed by atoms with van der Waals surface area (Å²) in [6, 6.07) is 7.60. The maximum atomic E-state index is 2.55. The average molecular weight is 443 g/mol. The second kappa shape index (κ2) is 22.0. The van der Waals surface area contributed by atoms with Gasteiger partial charge in [0.1, 0.15) is 0 Å². The molecule has 0 heteroatoms. The first-order chi connectivity index (χ1) is 15.8. The first kappa shape index (κ1) is 29.3. The Balaban J connectivity index is 2.29. The van der Waals surface area contributed by atoms with Crippen LogP contribution in [0.5, 0.6) is 0 Å². The summed E-state index contributed by atoms with van der Waals surface area (Å²) in [6.07, 6.45) is 32.1. The van der Waals surface area contributed by atoms with Gasteiger partial charge in [-0.25, -0.2) is 0 Å². The van der Waals surface area contributed by atoms with Crippen molar-refractivity contribution in [2.45, 2.75) is 168 Å². The predicted octanol–water partition coefficient (Wildman–Crippen LogP) is 11.2. The number of unbranched alkanes of at least 4 members (excludes halogenated alkanes) is 17. The summed E-state index contributed by atoms with van der Waals surface area (Å²) in [5, 5.41) is 0. The molecule has 0 fully saturated rings. The van der Waals surface area contributed by atoms with Crippen molar-refractivity contribution >= 4 is 0 Å². The van der Waals surface area contributed by atoms with Crippen LogP contribution in [-0.2, 0) is 19.3 Å². The van der Waals surface area contributed by atoms with Crippen LogP contribution in [-0.4, -0.2) is 0 Å². The molecule has 0 amide bonds. The highest BCUT2D eigenvalue weighted by Gasteiger charge is 2.03. The quantitative estimate of drug-likeness (QED) is 0.148. The molecule has 1 aromatic carbocycles. The van der Waals surface area contributed by atoms with Gasteiger partial charge in [-0.2, -0.15) is 0 Å². The Labute approximate surface area is 203 Å². The molecule has 0 N–H and O–H groups in total. The fourth-order valence-electron chi connectivity index (χ4n) is 4.93. The molecule has 0 saturated heterocycles. The van der Waals surface area contributed by atoms with E-state index in [1.807, 2.05) is 0 Å². The van der Waals surface area contributed by atoms with Crippen LogP contribution >= 0.6 is 0 Å². The third kappa shape index (κ3) is 16.8. The van der Waals surface area contributed by atoms with E-state index >= 15 is 0 Å². The lowest BCUT2D eigenvalue weighted by molar-refractivity contribution is 0.563. The van der Waals surface area contributed by atoms with Crippen molar-refractivity contribution in [2.75, 3.05) is 0 Å².